The van der Waals surface area contributed by atoms with E-state index in [0.29, 0.717) is 10.8 Å². The molecule has 1 aliphatic heterocycles. The van der Waals surface area contributed by atoms with Crippen LogP contribution in [0.25, 0.3) is 0 Å². The molecule has 1 heterocycles. The Labute approximate surface area is 165 Å². The van der Waals surface area contributed by atoms with E-state index in [1.165, 1.54) is 10.5 Å². The molecule has 0 unspecified atom stereocenters. The Morgan fingerprint density at radius 2 is 1.93 bits per heavy atom. The van der Waals surface area contributed by atoms with E-state index in [0.717, 1.165) is 38.4 Å². The third-order valence-corrected chi connectivity index (χ3v) is 5.28. The van der Waals surface area contributed by atoms with Crippen LogP contribution in [-0.2, 0) is 11.3 Å². The number of nitrogens with one attached hydrogen (secondary N) is 2. The minimum atomic E-state index is -0.301. The molecular weight excluding hydrogens is 362 g/mol. The number of rotatable bonds is 6. The van der Waals surface area contributed by atoms with Crippen LogP contribution < -0.4 is 15.0 Å². The molecule has 1 fully saturated rings. The number of benzene rings is 2. The van der Waals surface area contributed by atoms with E-state index >= 15 is 0 Å². The van der Waals surface area contributed by atoms with Crippen molar-refractivity contribution in [2.45, 2.75) is 19.5 Å². The van der Waals surface area contributed by atoms with Crippen molar-refractivity contribution < 1.29 is 14.4 Å². The van der Waals surface area contributed by atoms with E-state index in [1.54, 1.807) is 19.2 Å². The molecule has 2 N–H and O–H groups in total. The Morgan fingerprint density at radius 3 is 2.56 bits per heavy atom. The van der Waals surface area contributed by atoms with E-state index in [-0.39, 0.29) is 11.9 Å². The van der Waals surface area contributed by atoms with Crippen molar-refractivity contribution in [1.29, 1.82) is 0 Å². The van der Waals surface area contributed by atoms with Crippen molar-refractivity contribution in [2.75, 3.05) is 38.6 Å². The molecule has 0 bridgehead atoms. The summed E-state index contributed by atoms with van der Waals surface area (Å²) in [5, 5.41) is 3.77. The highest BCUT2D eigenvalue weighted by Crippen LogP contribution is 2.27. The highest BCUT2D eigenvalue weighted by atomic mass is 35.5. The van der Waals surface area contributed by atoms with Gasteiger partial charge in [-0.15, -0.1) is 0 Å². The average molecular weight is 389 g/mol. The van der Waals surface area contributed by atoms with Gasteiger partial charge in [-0.2, -0.15) is 0 Å². The zero-order valence-corrected chi connectivity index (χ0v) is 16.6. The van der Waals surface area contributed by atoms with Gasteiger partial charge >= 0.3 is 0 Å². The maximum Gasteiger partial charge on any atom is 0.245 e. The third kappa shape index (κ3) is 5.15. The first-order chi connectivity index (χ1) is 13.1. The van der Waals surface area contributed by atoms with Gasteiger partial charge in [0.1, 0.15) is 18.3 Å². The fraction of sp³-hybridized carbons (Fsp3) is 0.381. The second-order valence-corrected chi connectivity index (χ2v) is 7.36. The van der Waals surface area contributed by atoms with Crippen LogP contribution in [0.15, 0.2) is 48.5 Å². The lowest BCUT2D eigenvalue weighted by molar-refractivity contribution is -0.917. The van der Waals surface area contributed by atoms with Gasteiger partial charge in [-0.25, -0.2) is 0 Å². The molecule has 0 aromatic heterocycles. The zero-order valence-electron chi connectivity index (χ0n) is 15.9. The third-order valence-electron chi connectivity index (χ3n) is 4.98. The van der Waals surface area contributed by atoms with Crippen molar-refractivity contribution in [2.24, 2.45) is 0 Å². The van der Waals surface area contributed by atoms with Crippen LogP contribution in [-0.4, -0.2) is 50.1 Å². The van der Waals surface area contributed by atoms with E-state index in [9.17, 15) is 4.79 Å². The van der Waals surface area contributed by atoms with Crippen molar-refractivity contribution in [3.8, 4) is 5.75 Å². The summed E-state index contributed by atoms with van der Waals surface area (Å²) in [6.07, 6.45) is 0. The van der Waals surface area contributed by atoms with Gasteiger partial charge in [0.25, 0.3) is 0 Å². The number of ether oxygens (including phenoxy) is 1. The molecule has 1 aliphatic rings. The molecule has 1 amide bonds. The normalized spacial score (nSPS) is 16.0. The molecule has 1 atom stereocenters. The van der Waals surface area contributed by atoms with Gasteiger partial charge in [0, 0.05) is 11.3 Å². The Balaban J connectivity index is 1.50. The molecule has 0 aliphatic carbocycles. The smallest absolute Gasteiger partial charge is 0.245 e. The van der Waals surface area contributed by atoms with Gasteiger partial charge < -0.3 is 19.9 Å². The molecular formula is C21H27ClN3O2+. The van der Waals surface area contributed by atoms with E-state index < -0.39 is 0 Å². The molecule has 0 saturated carbocycles. The second kappa shape index (κ2) is 9.11. The topological polar surface area (TPSA) is 46.0 Å². The van der Waals surface area contributed by atoms with Crippen LogP contribution in [0.2, 0.25) is 5.02 Å². The number of amides is 1. The number of carbonyl (C=O) groups excluding carboxylic acids is 1. The number of piperazine rings is 1. The van der Waals surface area contributed by atoms with Gasteiger partial charge in [0.05, 0.1) is 38.3 Å². The molecule has 0 spiro atoms. The maximum atomic E-state index is 12.8. The van der Waals surface area contributed by atoms with E-state index in [4.69, 9.17) is 16.3 Å². The molecule has 6 heteroatoms. The fourth-order valence-electron chi connectivity index (χ4n) is 3.45. The summed E-state index contributed by atoms with van der Waals surface area (Å²) < 4.78 is 5.16. The van der Waals surface area contributed by atoms with Gasteiger partial charge in [-0.1, -0.05) is 41.9 Å². The maximum absolute atomic E-state index is 12.8. The summed E-state index contributed by atoms with van der Waals surface area (Å²) in [6, 6.07) is 15.7. The predicted molar refractivity (Wildman–Crippen MR) is 109 cm³/mol. The largest absolute Gasteiger partial charge is 0.495 e. The first-order valence-electron chi connectivity index (χ1n) is 9.33. The van der Waals surface area contributed by atoms with Crippen LogP contribution in [0.4, 0.5) is 5.69 Å². The number of methoxy groups -OCH3 is 1. The van der Waals surface area contributed by atoms with E-state index in [1.807, 2.05) is 24.0 Å². The summed E-state index contributed by atoms with van der Waals surface area (Å²) in [7, 11) is 1.58. The lowest BCUT2D eigenvalue weighted by atomic mass is 10.2. The Hall–Kier alpha value is -2.24. The first kappa shape index (κ1) is 19.5. The van der Waals surface area contributed by atoms with Crippen molar-refractivity contribution in [1.82, 2.24) is 4.90 Å². The van der Waals surface area contributed by atoms with Crippen molar-refractivity contribution in [3.05, 3.63) is 59.1 Å². The van der Waals surface area contributed by atoms with Gasteiger partial charge in [-0.3, -0.25) is 4.79 Å². The quantitative estimate of drug-likeness (QED) is 0.796. The molecule has 3 rings (SSSR count). The Kier molecular flexibility index (Phi) is 6.58. The number of quaternary nitrogens is 1. The van der Waals surface area contributed by atoms with Gasteiger partial charge in [-0.05, 0) is 25.1 Å². The van der Waals surface area contributed by atoms with Crippen LogP contribution in [0.1, 0.15) is 12.5 Å². The number of hydrogen-bond donors (Lipinski definition) is 2. The minimum Gasteiger partial charge on any atom is -0.495 e. The summed E-state index contributed by atoms with van der Waals surface area (Å²) in [5.41, 5.74) is 2.16. The van der Waals surface area contributed by atoms with Crippen LogP contribution in [0.5, 0.6) is 5.75 Å². The molecule has 1 saturated heterocycles. The van der Waals surface area contributed by atoms with Crippen molar-refractivity contribution in [3.63, 3.8) is 0 Å². The number of anilines is 1. The second-order valence-electron chi connectivity index (χ2n) is 6.95. The fourth-order valence-corrected chi connectivity index (χ4v) is 3.70. The van der Waals surface area contributed by atoms with Crippen LogP contribution >= 0.6 is 11.6 Å². The Bertz CT molecular complexity index is 761. The molecule has 0 radical (unpaired) electrons. The monoisotopic (exact) mass is 388 g/mol. The highest BCUT2D eigenvalue weighted by Gasteiger charge is 2.27. The van der Waals surface area contributed by atoms with Crippen LogP contribution in [0, 0.1) is 0 Å². The lowest BCUT2D eigenvalue weighted by Crippen LogP contribution is -3.13. The first-order valence-corrected chi connectivity index (χ1v) is 9.71. The standard InChI is InChI=1S/C21H26ClN3O2/c1-16(23-18-8-9-20(27-2)19(22)14-18)21(26)25-12-10-24(11-13-25)15-17-6-4-3-5-7-17/h3-9,14,16,23H,10-13,15H2,1-2H3/p+1/t16-/m1/s1. The summed E-state index contributed by atoms with van der Waals surface area (Å²) in [4.78, 5) is 16.2. The number of nitrogens with zero attached hydrogens (tertiary/aromatic N) is 1. The molecule has 2 aromatic carbocycles. The van der Waals surface area contributed by atoms with Gasteiger partial charge in [0.2, 0.25) is 5.91 Å². The van der Waals surface area contributed by atoms with Crippen molar-refractivity contribution >= 4 is 23.2 Å². The molecule has 144 valence electrons. The number of carbonyl (C=O) groups is 1. The average Bonchev–Trinajstić information content (AvgIpc) is 2.69. The van der Waals surface area contributed by atoms with Gasteiger partial charge in [0.15, 0.2) is 0 Å². The lowest BCUT2D eigenvalue weighted by Gasteiger charge is -2.34. The van der Waals surface area contributed by atoms with E-state index in [2.05, 4.69) is 29.6 Å². The molecule has 27 heavy (non-hydrogen) atoms. The summed E-state index contributed by atoms with van der Waals surface area (Å²) in [5.74, 6) is 0.749. The number of hydrogen-bond acceptors (Lipinski definition) is 3. The minimum absolute atomic E-state index is 0.126. The zero-order chi connectivity index (χ0) is 19.2. The Morgan fingerprint density at radius 1 is 1.22 bits per heavy atom. The summed E-state index contributed by atoms with van der Waals surface area (Å²) >= 11 is 6.16. The molecule has 2 aromatic rings. The predicted octanol–water partition coefficient (Wildman–Crippen LogP) is 2.08. The summed E-state index contributed by atoms with van der Waals surface area (Å²) in [6.45, 7) is 6.43. The van der Waals surface area contributed by atoms with Crippen LogP contribution in [0.3, 0.4) is 0 Å². The highest BCUT2D eigenvalue weighted by molar-refractivity contribution is 6.32. The SMILES string of the molecule is COc1ccc(N[C@H](C)C(=O)N2CC[NH+](Cc3ccccc3)CC2)cc1Cl. The molecule has 5 nitrogen and oxygen atoms in total. The number of halogens is 1.